The van der Waals surface area contributed by atoms with Crippen molar-refractivity contribution < 1.29 is 35.1 Å². The van der Waals surface area contributed by atoms with Crippen LogP contribution in [0.3, 0.4) is 0 Å². The van der Waals surface area contributed by atoms with Crippen LogP contribution in [-0.2, 0) is 0 Å². The van der Waals surface area contributed by atoms with Gasteiger partial charge in [0.05, 0.1) is 0 Å². The van der Waals surface area contributed by atoms with Crippen molar-refractivity contribution >= 4 is 0 Å². The average molecular weight is 268 g/mol. The van der Waals surface area contributed by atoms with Gasteiger partial charge in [-0.05, 0) is 19.9 Å². The van der Waals surface area contributed by atoms with Gasteiger partial charge >= 0.3 is 18.0 Å². The van der Waals surface area contributed by atoms with E-state index in [9.17, 15) is 35.1 Å². The Hall–Kier alpha value is -1.08. The molecule has 0 nitrogen and oxygen atoms in total. The van der Waals surface area contributed by atoms with Gasteiger partial charge in [-0.25, -0.2) is 4.39 Å². The fraction of sp³-hybridized carbons (Fsp3) is 0.556. The van der Waals surface area contributed by atoms with Crippen LogP contribution in [0, 0.1) is 0 Å². The smallest absolute Gasteiger partial charge is 0.205 e. The largest absolute Gasteiger partial charge is 0.460 e. The highest BCUT2D eigenvalue weighted by Crippen LogP contribution is 2.50. The van der Waals surface area contributed by atoms with Gasteiger partial charge in [0.25, 0.3) is 0 Å². The van der Waals surface area contributed by atoms with E-state index in [1.807, 2.05) is 0 Å². The van der Waals surface area contributed by atoms with Crippen molar-refractivity contribution in [3.63, 3.8) is 0 Å². The van der Waals surface area contributed by atoms with Crippen LogP contribution in [0.4, 0.5) is 35.1 Å². The lowest BCUT2D eigenvalue weighted by Crippen LogP contribution is -2.52. The molecule has 0 aliphatic rings. The Morgan fingerprint density at radius 3 is 1.53 bits per heavy atom. The van der Waals surface area contributed by atoms with Gasteiger partial charge in [0.15, 0.2) is 5.83 Å². The fourth-order valence-electron chi connectivity index (χ4n) is 0.672. The van der Waals surface area contributed by atoms with Crippen LogP contribution in [0.25, 0.3) is 0 Å². The zero-order valence-corrected chi connectivity index (χ0v) is 8.68. The molecule has 0 aliphatic carbocycles. The molecule has 0 atom stereocenters. The summed E-state index contributed by atoms with van der Waals surface area (Å²) in [6.07, 6.45) is -5.99. The normalized spacial score (nSPS) is 14.8. The minimum absolute atomic E-state index is 0.116. The van der Waals surface area contributed by atoms with Crippen molar-refractivity contribution in [1.82, 2.24) is 0 Å². The third-order valence-corrected chi connectivity index (χ3v) is 1.61. The molecule has 8 heteroatoms. The molecule has 0 fully saturated rings. The van der Waals surface area contributed by atoms with Gasteiger partial charge in [-0.3, -0.25) is 0 Å². The molecule has 17 heavy (non-hydrogen) atoms. The monoisotopic (exact) mass is 268 g/mol. The molecule has 0 aliphatic heterocycles. The lowest BCUT2D eigenvalue weighted by atomic mass is 10.1. The van der Waals surface area contributed by atoms with Crippen LogP contribution in [0.2, 0.25) is 0 Å². The van der Waals surface area contributed by atoms with Gasteiger partial charge in [0.1, 0.15) is 0 Å². The van der Waals surface area contributed by atoms with E-state index in [4.69, 9.17) is 0 Å². The molecule has 0 aromatic rings. The first-order chi connectivity index (χ1) is 7.34. The molecule has 0 saturated heterocycles. The third-order valence-electron chi connectivity index (χ3n) is 1.61. The first-order valence-electron chi connectivity index (χ1n) is 4.17. The zero-order chi connectivity index (χ0) is 14.1. The topological polar surface area (TPSA) is 0 Å². The van der Waals surface area contributed by atoms with Gasteiger partial charge in [-0.1, -0.05) is 11.6 Å². The van der Waals surface area contributed by atoms with Crippen LogP contribution in [-0.4, -0.2) is 18.0 Å². The van der Waals surface area contributed by atoms with Crippen LogP contribution in [0.1, 0.15) is 13.8 Å². The molecular weight excluding hydrogens is 260 g/mol. The highest BCUT2D eigenvalue weighted by Gasteiger charge is 2.74. The molecule has 0 rings (SSSR count). The molecule has 0 spiro atoms. The van der Waals surface area contributed by atoms with Gasteiger partial charge < -0.3 is 0 Å². The van der Waals surface area contributed by atoms with Crippen molar-refractivity contribution in [2.24, 2.45) is 0 Å². The molecule has 0 radical (unpaired) electrons. The van der Waals surface area contributed by atoms with E-state index in [0.29, 0.717) is 6.08 Å². The highest BCUT2D eigenvalue weighted by molar-refractivity contribution is 5.20. The Balaban J connectivity index is 5.42. The summed E-state index contributed by atoms with van der Waals surface area (Å²) in [7, 11) is 0. The maximum absolute atomic E-state index is 12.7. The van der Waals surface area contributed by atoms with E-state index in [1.165, 1.54) is 13.8 Å². The van der Waals surface area contributed by atoms with E-state index < -0.39 is 23.8 Å². The number of hydrogen-bond acceptors (Lipinski definition) is 0. The first kappa shape index (κ1) is 15.9. The van der Waals surface area contributed by atoms with E-state index in [0.717, 1.165) is 0 Å². The van der Waals surface area contributed by atoms with E-state index >= 15 is 0 Å². The number of hydrogen-bond donors (Lipinski definition) is 0. The predicted octanol–water partition coefficient (Wildman–Crippen LogP) is 4.64. The SMILES string of the molecule is CC(C)=C/C=C(\F)C(F)(F)C(F)(F)C(F)(F)F. The van der Waals surface area contributed by atoms with Crippen LogP contribution < -0.4 is 0 Å². The van der Waals surface area contributed by atoms with Crippen molar-refractivity contribution in [2.75, 3.05) is 0 Å². The zero-order valence-electron chi connectivity index (χ0n) is 8.68. The Kier molecular flexibility index (Phi) is 4.36. The molecule has 0 aromatic heterocycles. The van der Waals surface area contributed by atoms with Gasteiger partial charge in [0.2, 0.25) is 0 Å². The average Bonchev–Trinajstić information content (AvgIpc) is 2.11. The predicted molar refractivity (Wildman–Crippen MR) is 44.6 cm³/mol. The van der Waals surface area contributed by atoms with Gasteiger partial charge in [-0.2, -0.15) is 30.7 Å². The van der Waals surface area contributed by atoms with Crippen molar-refractivity contribution in [1.29, 1.82) is 0 Å². The fourth-order valence-corrected chi connectivity index (χ4v) is 0.672. The lowest BCUT2D eigenvalue weighted by molar-refractivity contribution is -0.347. The Bertz CT molecular complexity index is 329. The quantitative estimate of drug-likeness (QED) is 0.516. The summed E-state index contributed by atoms with van der Waals surface area (Å²) in [6, 6.07) is 0. The summed E-state index contributed by atoms with van der Waals surface area (Å²) in [5.41, 5.74) is 0.256. The van der Waals surface area contributed by atoms with E-state index in [-0.39, 0.29) is 11.6 Å². The molecule has 0 saturated carbocycles. The van der Waals surface area contributed by atoms with Crippen LogP contribution in [0.15, 0.2) is 23.6 Å². The Morgan fingerprint density at radius 2 is 1.24 bits per heavy atom. The van der Waals surface area contributed by atoms with Gasteiger partial charge in [-0.15, -0.1) is 0 Å². The molecule has 0 bridgehead atoms. The summed E-state index contributed by atoms with van der Waals surface area (Å²) in [5.74, 6) is -15.2. The summed E-state index contributed by atoms with van der Waals surface area (Å²) in [5, 5.41) is 0. The molecule has 0 unspecified atom stereocenters. The summed E-state index contributed by atoms with van der Waals surface area (Å²) < 4.78 is 97.4. The van der Waals surface area contributed by atoms with E-state index in [1.54, 1.807) is 0 Å². The second-order valence-electron chi connectivity index (χ2n) is 3.41. The Morgan fingerprint density at radius 1 is 0.824 bits per heavy atom. The third kappa shape index (κ3) is 3.19. The molecule has 0 N–H and O–H groups in total. The number of allylic oxidation sites excluding steroid dienone is 4. The molecule has 0 aromatic carbocycles. The van der Waals surface area contributed by atoms with Crippen molar-refractivity contribution in [3.05, 3.63) is 23.6 Å². The van der Waals surface area contributed by atoms with Crippen LogP contribution >= 0.6 is 0 Å². The number of alkyl halides is 7. The minimum Gasteiger partial charge on any atom is -0.205 e. The van der Waals surface area contributed by atoms with Crippen molar-refractivity contribution in [2.45, 2.75) is 31.9 Å². The summed E-state index contributed by atoms with van der Waals surface area (Å²) >= 11 is 0. The maximum atomic E-state index is 12.7. The molecule has 100 valence electrons. The minimum atomic E-state index is -6.54. The first-order valence-corrected chi connectivity index (χ1v) is 4.17. The standard InChI is InChI=1S/C9H8F8/c1-5(2)3-4-6(10)7(11,12)8(13,14)9(15,16)17/h3-4H,1-2H3/b6-4-. The second-order valence-corrected chi connectivity index (χ2v) is 3.41. The number of rotatable bonds is 3. The molecule has 0 amide bonds. The second kappa shape index (κ2) is 4.66. The molecule has 0 heterocycles. The van der Waals surface area contributed by atoms with Gasteiger partial charge in [0, 0.05) is 0 Å². The van der Waals surface area contributed by atoms with Crippen molar-refractivity contribution in [3.8, 4) is 0 Å². The summed E-state index contributed by atoms with van der Waals surface area (Å²) in [4.78, 5) is 0. The number of halogens is 8. The summed E-state index contributed by atoms with van der Waals surface area (Å²) in [6.45, 7) is 2.65. The highest BCUT2D eigenvalue weighted by atomic mass is 19.4. The molecular formula is C9H8F8. The maximum Gasteiger partial charge on any atom is 0.460 e. The Labute approximate surface area is 91.6 Å². The van der Waals surface area contributed by atoms with E-state index in [2.05, 4.69) is 0 Å². The van der Waals surface area contributed by atoms with Crippen LogP contribution in [0.5, 0.6) is 0 Å². The lowest BCUT2D eigenvalue weighted by Gasteiger charge is -2.26.